The highest BCUT2D eigenvalue weighted by Gasteiger charge is 2.72. The van der Waals surface area contributed by atoms with Crippen LogP contribution in [0.1, 0.15) is 33.4 Å². The van der Waals surface area contributed by atoms with Gasteiger partial charge in [0.15, 0.2) is 0 Å². The molecule has 0 atom stereocenters. The number of alkyl halides is 6. The van der Waals surface area contributed by atoms with Gasteiger partial charge in [0, 0.05) is 22.5 Å². The number of anilines is 2. The summed E-state index contributed by atoms with van der Waals surface area (Å²) < 4.78 is 101. The standard InChI is InChI=1S/C31H28F6N2O2/c1-17-13-21(14-18(2)27(17)40-25-9-5-23(38)6-10-25)29(32,30(33,34)31(35,36)37)22-15-19(3)28(20(4)16-22)41-26-11-7-24(39)8-12-26/h5-16H,38-39H2,1-4H3. The Hall–Kier alpha value is -4.34. The number of aryl methyl sites for hydroxylation is 4. The van der Waals surface area contributed by atoms with Crippen LogP contribution in [0.3, 0.4) is 0 Å². The first-order valence-electron chi connectivity index (χ1n) is 12.5. The van der Waals surface area contributed by atoms with Gasteiger partial charge in [0.25, 0.3) is 0 Å². The summed E-state index contributed by atoms with van der Waals surface area (Å²) in [6.45, 7) is 5.76. The van der Waals surface area contributed by atoms with Crippen molar-refractivity contribution in [2.24, 2.45) is 0 Å². The Labute approximate surface area is 233 Å². The van der Waals surface area contributed by atoms with E-state index in [1.54, 1.807) is 48.5 Å². The minimum absolute atomic E-state index is 0.161. The van der Waals surface area contributed by atoms with Gasteiger partial charge in [0.2, 0.25) is 5.67 Å². The smallest absolute Gasteiger partial charge is 0.457 e. The Bertz CT molecular complexity index is 1420. The number of ether oxygens (including phenoxy) is 2. The maximum Gasteiger partial charge on any atom is 0.457 e. The average molecular weight is 575 g/mol. The summed E-state index contributed by atoms with van der Waals surface area (Å²) >= 11 is 0. The second-order valence-electron chi connectivity index (χ2n) is 9.95. The van der Waals surface area contributed by atoms with Gasteiger partial charge >= 0.3 is 12.1 Å². The molecule has 0 aliphatic heterocycles. The maximum atomic E-state index is 16.9. The number of halogens is 6. The predicted octanol–water partition coefficient (Wildman–Crippen LogP) is 9.08. The number of hydrogen-bond donors (Lipinski definition) is 2. The molecule has 4 aromatic rings. The van der Waals surface area contributed by atoms with Crippen molar-refractivity contribution in [1.82, 2.24) is 0 Å². The van der Waals surface area contributed by atoms with Crippen LogP contribution < -0.4 is 20.9 Å². The van der Waals surface area contributed by atoms with Gasteiger partial charge < -0.3 is 20.9 Å². The van der Waals surface area contributed by atoms with Gasteiger partial charge in [-0.1, -0.05) is 0 Å². The van der Waals surface area contributed by atoms with Crippen molar-refractivity contribution in [2.75, 3.05) is 11.5 Å². The molecule has 0 spiro atoms. The Kier molecular flexibility index (Phi) is 7.64. The van der Waals surface area contributed by atoms with E-state index in [-0.39, 0.29) is 33.8 Å². The lowest BCUT2D eigenvalue weighted by atomic mass is 9.79. The number of nitrogen functional groups attached to an aromatic ring is 2. The molecular weight excluding hydrogens is 546 g/mol. The lowest BCUT2D eigenvalue weighted by molar-refractivity contribution is -0.323. The maximum absolute atomic E-state index is 16.9. The highest BCUT2D eigenvalue weighted by atomic mass is 19.4. The van der Waals surface area contributed by atoms with Crippen molar-refractivity contribution >= 4 is 11.4 Å². The third-order valence-electron chi connectivity index (χ3n) is 6.70. The Morgan fingerprint density at radius 3 is 1.07 bits per heavy atom. The molecule has 0 amide bonds. The minimum atomic E-state index is -6.20. The van der Waals surface area contributed by atoms with Crippen LogP contribution in [0.25, 0.3) is 0 Å². The molecule has 4 nitrogen and oxygen atoms in total. The molecule has 216 valence electrons. The number of benzene rings is 4. The van der Waals surface area contributed by atoms with Crippen molar-refractivity contribution in [3.8, 4) is 23.0 Å². The highest BCUT2D eigenvalue weighted by Crippen LogP contribution is 2.55. The van der Waals surface area contributed by atoms with Crippen molar-refractivity contribution in [3.63, 3.8) is 0 Å². The van der Waals surface area contributed by atoms with Crippen LogP contribution in [0.2, 0.25) is 0 Å². The van der Waals surface area contributed by atoms with Gasteiger partial charge in [-0.2, -0.15) is 22.0 Å². The van der Waals surface area contributed by atoms with E-state index in [0.717, 1.165) is 24.3 Å². The summed E-state index contributed by atoms with van der Waals surface area (Å²) in [5.74, 6) is -4.70. The van der Waals surface area contributed by atoms with E-state index in [1.807, 2.05) is 0 Å². The van der Waals surface area contributed by atoms with Gasteiger partial charge in [-0.05, 0) is 123 Å². The van der Waals surface area contributed by atoms with E-state index in [2.05, 4.69) is 0 Å². The summed E-state index contributed by atoms with van der Waals surface area (Å²) in [6.07, 6.45) is -6.20. The Morgan fingerprint density at radius 1 is 0.512 bits per heavy atom. The zero-order valence-electron chi connectivity index (χ0n) is 22.7. The fourth-order valence-corrected chi connectivity index (χ4v) is 4.65. The van der Waals surface area contributed by atoms with Crippen LogP contribution in [-0.4, -0.2) is 12.1 Å². The summed E-state index contributed by atoms with van der Waals surface area (Å²) in [6, 6.07) is 16.4. The Morgan fingerprint density at radius 2 is 0.805 bits per heavy atom. The van der Waals surface area contributed by atoms with Crippen molar-refractivity contribution in [3.05, 3.63) is 106 Å². The summed E-state index contributed by atoms with van der Waals surface area (Å²) in [7, 11) is 0. The molecule has 0 saturated heterocycles. The van der Waals surface area contributed by atoms with E-state index in [4.69, 9.17) is 20.9 Å². The third kappa shape index (κ3) is 5.51. The summed E-state index contributed by atoms with van der Waals surface area (Å²) in [4.78, 5) is 0. The molecule has 0 saturated carbocycles. The van der Waals surface area contributed by atoms with Crippen LogP contribution in [0.4, 0.5) is 37.7 Å². The van der Waals surface area contributed by atoms with Crippen LogP contribution in [-0.2, 0) is 5.67 Å². The lowest BCUT2D eigenvalue weighted by Gasteiger charge is -2.36. The zero-order chi connectivity index (χ0) is 30.3. The van der Waals surface area contributed by atoms with Gasteiger partial charge in [-0.3, -0.25) is 0 Å². The largest absolute Gasteiger partial charge is 0.457 e. The van der Waals surface area contributed by atoms with E-state index in [9.17, 15) is 13.2 Å². The lowest BCUT2D eigenvalue weighted by Crippen LogP contribution is -2.53. The number of rotatable bonds is 7. The van der Waals surface area contributed by atoms with E-state index in [0.29, 0.717) is 22.9 Å². The molecule has 0 aliphatic rings. The minimum Gasteiger partial charge on any atom is -0.457 e. The molecule has 0 radical (unpaired) electrons. The second-order valence-corrected chi connectivity index (χ2v) is 9.95. The second kappa shape index (κ2) is 10.6. The first kappa shape index (κ1) is 29.6. The topological polar surface area (TPSA) is 70.5 Å². The first-order chi connectivity index (χ1) is 19.0. The molecule has 0 bridgehead atoms. The van der Waals surface area contributed by atoms with E-state index >= 15 is 13.2 Å². The first-order valence-corrected chi connectivity index (χ1v) is 12.5. The van der Waals surface area contributed by atoms with E-state index < -0.39 is 28.9 Å². The molecule has 41 heavy (non-hydrogen) atoms. The SMILES string of the molecule is Cc1cc(C(F)(c2cc(C)c(Oc3ccc(N)cc3)c(C)c2)C(F)(F)C(F)(F)F)cc(C)c1Oc1ccc(N)cc1. The van der Waals surface area contributed by atoms with E-state index in [1.165, 1.54) is 27.7 Å². The Balaban J connectivity index is 1.85. The van der Waals surface area contributed by atoms with Crippen LogP contribution in [0.5, 0.6) is 23.0 Å². The van der Waals surface area contributed by atoms with Crippen molar-refractivity contribution in [2.45, 2.75) is 45.5 Å². The fourth-order valence-electron chi connectivity index (χ4n) is 4.65. The fraction of sp³-hybridized carbons (Fsp3) is 0.226. The summed E-state index contributed by atoms with van der Waals surface area (Å²) in [5, 5.41) is 0. The van der Waals surface area contributed by atoms with Gasteiger partial charge in [0.05, 0.1) is 0 Å². The van der Waals surface area contributed by atoms with Crippen LogP contribution in [0, 0.1) is 27.7 Å². The van der Waals surface area contributed by atoms with Crippen LogP contribution >= 0.6 is 0 Å². The normalized spacial score (nSPS) is 12.3. The molecule has 4 rings (SSSR count). The number of nitrogens with two attached hydrogens (primary N) is 2. The van der Waals surface area contributed by atoms with Crippen molar-refractivity contribution < 1.29 is 35.8 Å². The third-order valence-corrected chi connectivity index (χ3v) is 6.70. The molecular formula is C31H28F6N2O2. The van der Waals surface area contributed by atoms with Gasteiger partial charge in [-0.25, -0.2) is 4.39 Å². The summed E-state index contributed by atoms with van der Waals surface area (Å²) in [5.41, 5.74) is 6.94. The molecule has 4 aromatic carbocycles. The molecule has 0 heterocycles. The average Bonchev–Trinajstić information content (AvgIpc) is 2.89. The van der Waals surface area contributed by atoms with Gasteiger partial charge in [0.1, 0.15) is 23.0 Å². The molecule has 0 aromatic heterocycles. The molecule has 0 fully saturated rings. The van der Waals surface area contributed by atoms with Gasteiger partial charge in [-0.15, -0.1) is 0 Å². The van der Waals surface area contributed by atoms with Crippen LogP contribution in [0.15, 0.2) is 72.8 Å². The predicted molar refractivity (Wildman–Crippen MR) is 147 cm³/mol. The zero-order valence-corrected chi connectivity index (χ0v) is 22.7. The number of hydrogen-bond acceptors (Lipinski definition) is 4. The molecule has 0 unspecified atom stereocenters. The highest BCUT2D eigenvalue weighted by molar-refractivity contribution is 5.55. The quantitative estimate of drug-likeness (QED) is 0.171. The molecule has 4 N–H and O–H groups in total. The molecule has 0 aliphatic carbocycles. The van der Waals surface area contributed by atoms with Crippen molar-refractivity contribution in [1.29, 1.82) is 0 Å². The molecule has 10 heteroatoms. The monoisotopic (exact) mass is 574 g/mol.